The molecule has 0 bridgehead atoms. The molecule has 0 spiro atoms. The van der Waals surface area contributed by atoms with Gasteiger partial charge in [0.25, 0.3) is 0 Å². The number of likely N-dealkylation sites (tertiary alicyclic amines) is 1. The van der Waals surface area contributed by atoms with E-state index < -0.39 is 5.79 Å². The molecule has 0 saturated carbocycles. The van der Waals surface area contributed by atoms with Gasteiger partial charge in [-0.3, -0.25) is 4.79 Å². The highest BCUT2D eigenvalue weighted by molar-refractivity contribution is 5.73. The van der Waals surface area contributed by atoms with Crippen LogP contribution in [0.1, 0.15) is 33.6 Å². The highest BCUT2D eigenvalue weighted by Crippen LogP contribution is 2.18. The standard InChI is InChI=1S/C13H24N2O3/c1-10(16)15-6-4-11(5-7-15)14-12-8-17-13(2,3)18-9-12/h11-12,14H,4-9H2,1-3H3. The summed E-state index contributed by atoms with van der Waals surface area (Å²) in [5, 5.41) is 3.57. The normalized spacial score (nSPS) is 26.3. The van der Waals surface area contributed by atoms with Crippen LogP contribution in [0, 0.1) is 0 Å². The quantitative estimate of drug-likeness (QED) is 0.791. The molecule has 0 aromatic rings. The average molecular weight is 256 g/mol. The summed E-state index contributed by atoms with van der Waals surface area (Å²) in [6, 6.07) is 0.742. The van der Waals surface area contributed by atoms with Crippen LogP contribution in [0.3, 0.4) is 0 Å². The van der Waals surface area contributed by atoms with E-state index in [9.17, 15) is 4.79 Å². The van der Waals surface area contributed by atoms with Crippen LogP contribution in [-0.2, 0) is 14.3 Å². The summed E-state index contributed by atoms with van der Waals surface area (Å²) in [6.07, 6.45) is 2.03. The van der Waals surface area contributed by atoms with E-state index in [2.05, 4.69) is 5.32 Å². The van der Waals surface area contributed by atoms with Crippen molar-refractivity contribution in [2.75, 3.05) is 26.3 Å². The van der Waals surface area contributed by atoms with Crippen LogP contribution in [0.15, 0.2) is 0 Å². The molecule has 2 fully saturated rings. The summed E-state index contributed by atoms with van der Waals surface area (Å²) in [5.41, 5.74) is 0. The molecule has 2 rings (SSSR count). The highest BCUT2D eigenvalue weighted by atomic mass is 16.7. The number of nitrogens with one attached hydrogen (secondary N) is 1. The van der Waals surface area contributed by atoms with Crippen LogP contribution >= 0.6 is 0 Å². The molecular formula is C13H24N2O3. The summed E-state index contributed by atoms with van der Waals surface area (Å²) in [7, 11) is 0. The van der Waals surface area contributed by atoms with Gasteiger partial charge in [-0.15, -0.1) is 0 Å². The summed E-state index contributed by atoms with van der Waals surface area (Å²) in [4.78, 5) is 13.1. The third-order valence-electron chi connectivity index (χ3n) is 3.68. The SMILES string of the molecule is CC(=O)N1CCC(NC2COC(C)(C)OC2)CC1. The molecule has 0 radical (unpaired) electrons. The van der Waals surface area contributed by atoms with Crippen molar-refractivity contribution in [2.24, 2.45) is 0 Å². The minimum absolute atomic E-state index is 0.180. The Hall–Kier alpha value is -0.650. The van der Waals surface area contributed by atoms with Gasteiger partial charge in [0.05, 0.1) is 19.3 Å². The molecule has 5 nitrogen and oxygen atoms in total. The number of amides is 1. The van der Waals surface area contributed by atoms with Crippen molar-refractivity contribution in [1.82, 2.24) is 10.2 Å². The molecule has 1 amide bonds. The second kappa shape index (κ2) is 5.55. The minimum atomic E-state index is -0.448. The van der Waals surface area contributed by atoms with Crippen LogP contribution in [0.2, 0.25) is 0 Å². The van der Waals surface area contributed by atoms with Gasteiger partial charge in [0.2, 0.25) is 5.91 Å². The molecule has 2 saturated heterocycles. The second-order valence-corrected chi connectivity index (χ2v) is 5.67. The predicted octanol–water partition coefficient (Wildman–Crippen LogP) is 0.738. The average Bonchev–Trinajstić information content (AvgIpc) is 2.33. The summed E-state index contributed by atoms with van der Waals surface area (Å²) in [5.74, 6) is -0.268. The molecule has 5 heteroatoms. The second-order valence-electron chi connectivity index (χ2n) is 5.67. The largest absolute Gasteiger partial charge is 0.349 e. The maximum atomic E-state index is 11.2. The zero-order chi connectivity index (χ0) is 13.2. The lowest BCUT2D eigenvalue weighted by atomic mass is 10.0. The molecule has 0 aromatic carbocycles. The van der Waals surface area contributed by atoms with Crippen molar-refractivity contribution in [1.29, 1.82) is 0 Å². The first kappa shape index (κ1) is 13.8. The van der Waals surface area contributed by atoms with E-state index in [-0.39, 0.29) is 11.9 Å². The van der Waals surface area contributed by atoms with E-state index in [0.29, 0.717) is 19.3 Å². The number of nitrogens with zero attached hydrogens (tertiary/aromatic N) is 1. The van der Waals surface area contributed by atoms with Gasteiger partial charge in [-0.25, -0.2) is 0 Å². The van der Waals surface area contributed by atoms with Crippen molar-refractivity contribution in [3.05, 3.63) is 0 Å². The van der Waals surface area contributed by atoms with Crippen LogP contribution in [0.25, 0.3) is 0 Å². The molecule has 0 aliphatic carbocycles. The van der Waals surface area contributed by atoms with E-state index >= 15 is 0 Å². The van der Waals surface area contributed by atoms with Gasteiger partial charge >= 0.3 is 0 Å². The van der Waals surface area contributed by atoms with E-state index in [1.165, 1.54) is 0 Å². The highest BCUT2D eigenvalue weighted by Gasteiger charge is 2.30. The fourth-order valence-corrected chi connectivity index (χ4v) is 2.48. The smallest absolute Gasteiger partial charge is 0.219 e. The van der Waals surface area contributed by atoms with Gasteiger partial charge in [-0.05, 0) is 26.7 Å². The maximum Gasteiger partial charge on any atom is 0.219 e. The lowest BCUT2D eigenvalue weighted by molar-refractivity contribution is -0.253. The van der Waals surface area contributed by atoms with Gasteiger partial charge in [0.15, 0.2) is 5.79 Å². The molecule has 2 aliphatic rings. The summed E-state index contributed by atoms with van der Waals surface area (Å²) < 4.78 is 11.3. The first-order chi connectivity index (χ1) is 8.46. The van der Waals surface area contributed by atoms with Crippen LogP contribution in [0.5, 0.6) is 0 Å². The molecule has 0 aromatic heterocycles. The first-order valence-electron chi connectivity index (χ1n) is 6.76. The lowest BCUT2D eigenvalue weighted by Crippen LogP contribution is -2.54. The van der Waals surface area contributed by atoms with Crippen molar-refractivity contribution in [3.63, 3.8) is 0 Å². The molecule has 2 heterocycles. The van der Waals surface area contributed by atoms with E-state index in [1.807, 2.05) is 18.7 Å². The lowest BCUT2D eigenvalue weighted by Gasteiger charge is -2.39. The van der Waals surface area contributed by atoms with Crippen molar-refractivity contribution < 1.29 is 14.3 Å². The number of ether oxygens (including phenoxy) is 2. The Morgan fingerprint density at radius 2 is 1.72 bits per heavy atom. The van der Waals surface area contributed by atoms with Gasteiger partial charge in [-0.1, -0.05) is 0 Å². The van der Waals surface area contributed by atoms with Gasteiger partial charge < -0.3 is 19.7 Å². The fourth-order valence-electron chi connectivity index (χ4n) is 2.48. The minimum Gasteiger partial charge on any atom is -0.349 e. The van der Waals surface area contributed by atoms with E-state index in [4.69, 9.17) is 9.47 Å². The number of carbonyl (C=O) groups excluding carboxylic acids is 1. The van der Waals surface area contributed by atoms with Crippen molar-refractivity contribution >= 4 is 5.91 Å². The Labute approximate surface area is 109 Å². The first-order valence-corrected chi connectivity index (χ1v) is 6.76. The monoisotopic (exact) mass is 256 g/mol. The molecule has 0 unspecified atom stereocenters. The third-order valence-corrected chi connectivity index (χ3v) is 3.68. The predicted molar refractivity (Wildman–Crippen MR) is 68.2 cm³/mol. The van der Waals surface area contributed by atoms with Crippen LogP contribution < -0.4 is 5.32 Å². The topological polar surface area (TPSA) is 50.8 Å². The molecular weight excluding hydrogens is 232 g/mol. The zero-order valence-electron chi connectivity index (χ0n) is 11.6. The zero-order valence-corrected chi connectivity index (χ0v) is 11.6. The van der Waals surface area contributed by atoms with Crippen LogP contribution in [0.4, 0.5) is 0 Å². The van der Waals surface area contributed by atoms with E-state index in [0.717, 1.165) is 25.9 Å². The molecule has 1 N–H and O–H groups in total. The van der Waals surface area contributed by atoms with Crippen molar-refractivity contribution in [2.45, 2.75) is 51.5 Å². The molecule has 2 aliphatic heterocycles. The Balaban J connectivity index is 1.71. The Bertz CT molecular complexity index is 289. The van der Waals surface area contributed by atoms with Gasteiger partial charge in [0.1, 0.15) is 0 Å². The Kier molecular flexibility index (Phi) is 4.25. The number of hydrogen-bond donors (Lipinski definition) is 1. The molecule has 0 atom stereocenters. The molecule has 104 valence electrons. The van der Waals surface area contributed by atoms with Gasteiger partial charge in [0, 0.05) is 26.1 Å². The Morgan fingerprint density at radius 3 is 2.22 bits per heavy atom. The van der Waals surface area contributed by atoms with Crippen molar-refractivity contribution in [3.8, 4) is 0 Å². The maximum absolute atomic E-state index is 11.2. The number of carbonyl (C=O) groups is 1. The van der Waals surface area contributed by atoms with Crippen LogP contribution in [-0.4, -0.2) is 55.0 Å². The number of hydrogen-bond acceptors (Lipinski definition) is 4. The summed E-state index contributed by atoms with van der Waals surface area (Å²) >= 11 is 0. The number of rotatable bonds is 2. The fraction of sp³-hybridized carbons (Fsp3) is 0.923. The number of piperidine rings is 1. The summed E-state index contributed by atoms with van der Waals surface area (Å²) in [6.45, 7) is 8.61. The third kappa shape index (κ3) is 3.67. The van der Waals surface area contributed by atoms with Gasteiger partial charge in [-0.2, -0.15) is 0 Å². The Morgan fingerprint density at radius 1 is 1.17 bits per heavy atom. The van der Waals surface area contributed by atoms with E-state index in [1.54, 1.807) is 6.92 Å². The molecule has 18 heavy (non-hydrogen) atoms.